The molecule has 2 aromatic rings. The van der Waals surface area contributed by atoms with Crippen LogP contribution < -0.4 is 5.32 Å². The smallest absolute Gasteiger partial charge is 0.223 e. The fraction of sp³-hybridized carbons (Fsp3) is 0.385. The van der Waals surface area contributed by atoms with Crippen molar-refractivity contribution in [2.75, 3.05) is 25.5 Å². The highest BCUT2D eigenvalue weighted by Crippen LogP contribution is 2.19. The maximum absolute atomic E-state index is 4.54. The minimum atomic E-state index is 0.461. The molecule has 18 heavy (non-hydrogen) atoms. The molecule has 4 nitrogen and oxygen atoms in total. The van der Waals surface area contributed by atoms with Gasteiger partial charge in [-0.3, -0.25) is 0 Å². The average Bonchev–Trinajstić information content (AvgIpc) is 2.75. The first-order chi connectivity index (χ1) is 8.70. The fourth-order valence-electron chi connectivity index (χ4n) is 2.31. The lowest BCUT2D eigenvalue weighted by atomic mass is 10.2. The van der Waals surface area contributed by atoms with Crippen LogP contribution in [-0.2, 0) is 0 Å². The van der Waals surface area contributed by atoms with E-state index in [0.29, 0.717) is 6.04 Å². The molecule has 1 fully saturated rings. The van der Waals surface area contributed by atoms with E-state index in [1.54, 1.807) is 0 Å². The van der Waals surface area contributed by atoms with Crippen LogP contribution in [0.4, 0.5) is 5.95 Å². The van der Waals surface area contributed by atoms with Gasteiger partial charge >= 0.3 is 0 Å². The molecule has 2 heterocycles. The molecule has 1 aliphatic rings. The van der Waals surface area contributed by atoms with E-state index in [-0.39, 0.29) is 0 Å². The summed E-state index contributed by atoms with van der Waals surface area (Å²) in [4.78, 5) is 11.2. The molecule has 1 N–H and O–H groups in total. The Bertz CT molecular complexity index is 572. The predicted molar refractivity (Wildman–Crippen MR) is 76.8 cm³/mol. The lowest BCUT2D eigenvalue weighted by molar-refractivity contribution is 0.414. The van der Waals surface area contributed by atoms with Gasteiger partial charge in [0.15, 0.2) is 0 Å². The number of nitrogens with one attached hydrogen (secondary N) is 1. The Labute approximate surface area is 115 Å². The molecule has 0 amide bonds. The van der Waals surface area contributed by atoms with Gasteiger partial charge in [-0.05, 0) is 38.2 Å². The number of rotatable bonds is 2. The van der Waals surface area contributed by atoms with Crippen LogP contribution in [0.3, 0.4) is 0 Å². The molecule has 5 heteroatoms. The third kappa shape index (κ3) is 2.47. The molecule has 1 aliphatic heterocycles. The largest absolute Gasteiger partial charge is 0.350 e. The van der Waals surface area contributed by atoms with Gasteiger partial charge in [0, 0.05) is 28.6 Å². The van der Waals surface area contributed by atoms with Gasteiger partial charge in [0.05, 0.1) is 5.52 Å². The van der Waals surface area contributed by atoms with Crippen LogP contribution in [0.25, 0.3) is 10.9 Å². The third-order valence-electron chi connectivity index (χ3n) is 3.27. The third-order valence-corrected chi connectivity index (χ3v) is 3.76. The van der Waals surface area contributed by atoms with Gasteiger partial charge < -0.3 is 10.2 Å². The summed E-state index contributed by atoms with van der Waals surface area (Å²) in [5.41, 5.74) is 0.974. The Morgan fingerprint density at radius 1 is 1.44 bits per heavy atom. The predicted octanol–water partition coefficient (Wildman–Crippen LogP) is 2.51. The zero-order valence-corrected chi connectivity index (χ0v) is 11.8. The van der Waals surface area contributed by atoms with Crippen LogP contribution >= 0.6 is 15.9 Å². The number of likely N-dealkylation sites (N-methyl/N-ethyl adjacent to an activating group) is 1. The minimum Gasteiger partial charge on any atom is -0.350 e. The summed E-state index contributed by atoms with van der Waals surface area (Å²) in [7, 11) is 2.14. The van der Waals surface area contributed by atoms with E-state index in [0.717, 1.165) is 40.8 Å². The molecule has 3 rings (SSSR count). The number of benzene rings is 1. The number of nitrogens with zero attached hydrogens (tertiary/aromatic N) is 3. The molecule has 1 unspecified atom stereocenters. The molecule has 94 valence electrons. The van der Waals surface area contributed by atoms with Gasteiger partial charge in [-0.15, -0.1) is 0 Å². The molecule has 0 saturated carbocycles. The topological polar surface area (TPSA) is 41.0 Å². The van der Waals surface area contributed by atoms with E-state index < -0.39 is 0 Å². The van der Waals surface area contributed by atoms with Gasteiger partial charge in [-0.1, -0.05) is 15.9 Å². The number of hydrogen-bond acceptors (Lipinski definition) is 4. The summed E-state index contributed by atoms with van der Waals surface area (Å²) in [5, 5.41) is 4.46. The van der Waals surface area contributed by atoms with Crippen molar-refractivity contribution in [3.8, 4) is 0 Å². The van der Waals surface area contributed by atoms with Crippen LogP contribution in [0, 0.1) is 0 Å². The number of aromatic nitrogens is 2. The van der Waals surface area contributed by atoms with Gasteiger partial charge in [-0.2, -0.15) is 0 Å². The van der Waals surface area contributed by atoms with E-state index in [1.165, 1.54) is 0 Å². The molecule has 0 bridgehead atoms. The van der Waals surface area contributed by atoms with Crippen molar-refractivity contribution in [2.45, 2.75) is 12.5 Å². The van der Waals surface area contributed by atoms with Crippen LogP contribution in [-0.4, -0.2) is 41.0 Å². The number of anilines is 1. The monoisotopic (exact) mass is 306 g/mol. The zero-order chi connectivity index (χ0) is 12.5. The van der Waals surface area contributed by atoms with Crippen LogP contribution in [0.5, 0.6) is 0 Å². The fourth-order valence-corrected chi connectivity index (χ4v) is 2.69. The molecule has 1 aromatic carbocycles. The van der Waals surface area contributed by atoms with Crippen molar-refractivity contribution in [3.63, 3.8) is 0 Å². The van der Waals surface area contributed by atoms with Crippen molar-refractivity contribution >= 4 is 32.8 Å². The Kier molecular flexibility index (Phi) is 3.18. The molecular weight excluding hydrogens is 292 g/mol. The Morgan fingerprint density at radius 2 is 2.33 bits per heavy atom. The van der Waals surface area contributed by atoms with Crippen LogP contribution in [0.15, 0.2) is 28.9 Å². The van der Waals surface area contributed by atoms with Gasteiger partial charge in [0.1, 0.15) is 0 Å². The quantitative estimate of drug-likeness (QED) is 0.925. The van der Waals surface area contributed by atoms with Crippen molar-refractivity contribution in [3.05, 3.63) is 28.9 Å². The van der Waals surface area contributed by atoms with Crippen LogP contribution in [0.1, 0.15) is 6.42 Å². The van der Waals surface area contributed by atoms with Gasteiger partial charge in [-0.25, -0.2) is 9.97 Å². The number of likely N-dealkylation sites (tertiary alicyclic amines) is 1. The Morgan fingerprint density at radius 3 is 3.11 bits per heavy atom. The molecule has 1 saturated heterocycles. The van der Waals surface area contributed by atoms with Crippen molar-refractivity contribution in [2.24, 2.45) is 0 Å². The zero-order valence-electron chi connectivity index (χ0n) is 10.2. The molecular formula is C13H15BrN4. The molecule has 1 atom stereocenters. The Hall–Kier alpha value is -1.20. The Balaban J connectivity index is 1.82. The summed E-state index contributed by atoms with van der Waals surface area (Å²) in [6.45, 7) is 2.19. The summed E-state index contributed by atoms with van der Waals surface area (Å²) in [6.07, 6.45) is 3.02. The first-order valence-corrected chi connectivity index (χ1v) is 6.87. The highest BCUT2D eigenvalue weighted by molar-refractivity contribution is 9.10. The summed E-state index contributed by atoms with van der Waals surface area (Å²) in [5.74, 6) is 0.727. The molecule has 0 radical (unpaired) electrons. The van der Waals surface area contributed by atoms with Gasteiger partial charge in [0.25, 0.3) is 0 Å². The second-order valence-corrected chi connectivity index (χ2v) is 5.70. The molecule has 0 spiro atoms. The second-order valence-electron chi connectivity index (χ2n) is 4.79. The lowest BCUT2D eigenvalue weighted by Crippen LogP contribution is -2.24. The highest BCUT2D eigenvalue weighted by Gasteiger charge is 2.19. The van der Waals surface area contributed by atoms with Crippen LogP contribution in [0.2, 0.25) is 0 Å². The van der Waals surface area contributed by atoms with Crippen molar-refractivity contribution in [1.29, 1.82) is 0 Å². The normalized spacial score (nSPS) is 20.4. The maximum Gasteiger partial charge on any atom is 0.223 e. The van der Waals surface area contributed by atoms with E-state index in [4.69, 9.17) is 0 Å². The molecule has 0 aliphatic carbocycles. The van der Waals surface area contributed by atoms with Gasteiger partial charge in [0.2, 0.25) is 5.95 Å². The average molecular weight is 307 g/mol. The molecule has 1 aromatic heterocycles. The van der Waals surface area contributed by atoms with Crippen molar-refractivity contribution in [1.82, 2.24) is 14.9 Å². The first-order valence-electron chi connectivity index (χ1n) is 6.08. The lowest BCUT2D eigenvalue weighted by Gasteiger charge is -2.12. The highest BCUT2D eigenvalue weighted by atomic mass is 79.9. The van der Waals surface area contributed by atoms with E-state index in [9.17, 15) is 0 Å². The number of fused-ring (bicyclic) bond motifs is 1. The minimum absolute atomic E-state index is 0.461. The van der Waals surface area contributed by atoms with E-state index >= 15 is 0 Å². The summed E-state index contributed by atoms with van der Waals surface area (Å²) >= 11 is 3.45. The first kappa shape index (κ1) is 11.9. The van der Waals surface area contributed by atoms with E-state index in [1.807, 2.05) is 24.4 Å². The number of hydrogen-bond donors (Lipinski definition) is 1. The van der Waals surface area contributed by atoms with E-state index in [2.05, 4.69) is 43.2 Å². The standard InChI is InChI=1S/C13H15BrN4/c1-18-5-4-11(8-18)16-13-15-7-9-6-10(14)2-3-12(9)17-13/h2-3,6-7,11H,4-5,8H2,1H3,(H,15,16,17). The maximum atomic E-state index is 4.54. The number of halogens is 1. The summed E-state index contributed by atoms with van der Waals surface area (Å²) in [6, 6.07) is 6.50. The summed E-state index contributed by atoms with van der Waals surface area (Å²) < 4.78 is 1.05. The van der Waals surface area contributed by atoms with Crippen molar-refractivity contribution < 1.29 is 0 Å². The SMILES string of the molecule is CN1CCC(Nc2ncc3cc(Br)ccc3n2)C1. The second kappa shape index (κ2) is 4.82.